The molecule has 0 bridgehead atoms. The lowest BCUT2D eigenvalue weighted by Crippen LogP contribution is -2.42. The van der Waals surface area contributed by atoms with Crippen LogP contribution in [0.5, 0.6) is 0 Å². The number of benzene rings is 1. The van der Waals surface area contributed by atoms with Gasteiger partial charge >= 0.3 is 5.97 Å². The van der Waals surface area contributed by atoms with Crippen molar-refractivity contribution in [1.29, 1.82) is 0 Å². The summed E-state index contributed by atoms with van der Waals surface area (Å²) in [7, 11) is 0. The number of nitrogens with one attached hydrogen (secondary N) is 1. The van der Waals surface area contributed by atoms with Gasteiger partial charge < -0.3 is 10.4 Å². The number of amides is 1. The van der Waals surface area contributed by atoms with Crippen LogP contribution in [0.2, 0.25) is 0 Å². The second-order valence-electron chi connectivity index (χ2n) is 5.14. The molecule has 0 radical (unpaired) electrons. The lowest BCUT2D eigenvalue weighted by atomic mass is 10.1. The van der Waals surface area contributed by atoms with Crippen LogP contribution in [0.15, 0.2) is 24.3 Å². The molecule has 1 rings (SSSR count). The van der Waals surface area contributed by atoms with Crippen LogP contribution in [0.3, 0.4) is 0 Å². The Labute approximate surface area is 126 Å². The van der Waals surface area contributed by atoms with E-state index in [9.17, 15) is 14.7 Å². The Morgan fingerprint density at radius 3 is 2.29 bits per heavy atom. The van der Waals surface area contributed by atoms with Gasteiger partial charge in [-0.15, -0.1) is 0 Å². The minimum atomic E-state index is -0.858. The molecule has 1 aromatic carbocycles. The molecule has 1 atom stereocenters. The van der Waals surface area contributed by atoms with Crippen LogP contribution in [0.4, 0.5) is 0 Å². The molecule has 0 heterocycles. The summed E-state index contributed by atoms with van der Waals surface area (Å²) in [6, 6.07) is 7.58. The molecule has 0 saturated carbocycles. The zero-order valence-corrected chi connectivity index (χ0v) is 12.9. The molecule has 0 saturated heterocycles. The summed E-state index contributed by atoms with van der Waals surface area (Å²) in [5.74, 6) is -0.965. The number of hydrogen-bond donors (Lipinski definition) is 2. The molecule has 0 aliphatic heterocycles. The molecular weight excluding hydrogens is 268 g/mol. The van der Waals surface area contributed by atoms with Crippen LogP contribution in [0.1, 0.15) is 31.9 Å². The summed E-state index contributed by atoms with van der Waals surface area (Å²) in [6.07, 6.45) is 0.984. The summed E-state index contributed by atoms with van der Waals surface area (Å²) < 4.78 is 0. The number of carboxylic acid groups (broad SMARTS) is 1. The van der Waals surface area contributed by atoms with Crippen molar-refractivity contribution >= 4 is 11.9 Å². The zero-order valence-electron chi connectivity index (χ0n) is 12.9. The van der Waals surface area contributed by atoms with E-state index >= 15 is 0 Å². The van der Waals surface area contributed by atoms with Gasteiger partial charge in [-0.3, -0.25) is 14.5 Å². The molecule has 2 N–H and O–H groups in total. The van der Waals surface area contributed by atoms with Gasteiger partial charge in [-0.1, -0.05) is 31.2 Å². The Balaban J connectivity index is 2.70. The number of carbonyl (C=O) groups is 2. The fraction of sp³-hybridized carbons (Fsp3) is 0.500. The molecule has 1 amide bonds. The van der Waals surface area contributed by atoms with E-state index in [0.29, 0.717) is 19.6 Å². The van der Waals surface area contributed by atoms with E-state index in [4.69, 9.17) is 0 Å². The van der Waals surface area contributed by atoms with Crippen LogP contribution in [-0.2, 0) is 22.6 Å². The Morgan fingerprint density at radius 1 is 1.24 bits per heavy atom. The highest BCUT2D eigenvalue weighted by Crippen LogP contribution is 2.10. The number of carboxylic acids is 1. The monoisotopic (exact) mass is 292 g/mol. The molecule has 5 heteroatoms. The lowest BCUT2D eigenvalue weighted by molar-refractivity contribution is -0.142. The molecular formula is C16H24N2O3. The molecule has 116 valence electrons. The SMILES string of the molecule is CCc1ccc(CN(CCNC(C)=O)C(C)C(=O)O)cc1. The van der Waals surface area contributed by atoms with Gasteiger partial charge in [0.1, 0.15) is 6.04 Å². The maximum atomic E-state index is 11.2. The Hall–Kier alpha value is -1.88. The third kappa shape index (κ3) is 5.95. The normalized spacial score (nSPS) is 12.2. The molecule has 1 aromatic rings. The zero-order chi connectivity index (χ0) is 15.8. The average molecular weight is 292 g/mol. The first-order valence-electron chi connectivity index (χ1n) is 7.23. The van der Waals surface area contributed by atoms with E-state index < -0.39 is 12.0 Å². The highest BCUT2D eigenvalue weighted by molar-refractivity contribution is 5.73. The van der Waals surface area contributed by atoms with Crippen molar-refractivity contribution in [3.8, 4) is 0 Å². The van der Waals surface area contributed by atoms with Gasteiger partial charge in [0, 0.05) is 26.6 Å². The predicted molar refractivity (Wildman–Crippen MR) is 82.0 cm³/mol. The van der Waals surface area contributed by atoms with Gasteiger partial charge in [0.15, 0.2) is 0 Å². The summed E-state index contributed by atoms with van der Waals surface area (Å²) in [4.78, 5) is 24.0. The van der Waals surface area contributed by atoms with Crippen molar-refractivity contribution in [2.45, 2.75) is 39.8 Å². The first-order chi connectivity index (χ1) is 9.93. The van der Waals surface area contributed by atoms with Gasteiger partial charge in [-0.2, -0.15) is 0 Å². The van der Waals surface area contributed by atoms with E-state index in [2.05, 4.69) is 24.4 Å². The van der Waals surface area contributed by atoms with Crippen molar-refractivity contribution in [3.05, 3.63) is 35.4 Å². The number of carbonyl (C=O) groups excluding carboxylic acids is 1. The number of aryl methyl sites for hydroxylation is 1. The quantitative estimate of drug-likeness (QED) is 0.764. The first kappa shape index (κ1) is 17.2. The van der Waals surface area contributed by atoms with Crippen LogP contribution < -0.4 is 5.32 Å². The second kappa shape index (κ2) is 8.42. The standard InChI is InChI=1S/C16H24N2O3/c1-4-14-5-7-15(8-6-14)11-18(12(2)16(20)21)10-9-17-13(3)19/h5-8,12H,4,9-11H2,1-3H3,(H,17,19)(H,20,21). The van der Waals surface area contributed by atoms with E-state index in [1.165, 1.54) is 12.5 Å². The van der Waals surface area contributed by atoms with Crippen LogP contribution in [0.25, 0.3) is 0 Å². The average Bonchev–Trinajstić information content (AvgIpc) is 2.45. The van der Waals surface area contributed by atoms with E-state index in [0.717, 1.165) is 12.0 Å². The molecule has 21 heavy (non-hydrogen) atoms. The highest BCUT2D eigenvalue weighted by Gasteiger charge is 2.20. The molecule has 0 aliphatic carbocycles. The highest BCUT2D eigenvalue weighted by atomic mass is 16.4. The summed E-state index contributed by atoms with van der Waals surface area (Å²) in [5, 5.41) is 11.9. The van der Waals surface area contributed by atoms with Gasteiger partial charge in [0.05, 0.1) is 0 Å². The third-order valence-electron chi connectivity index (χ3n) is 3.49. The van der Waals surface area contributed by atoms with Gasteiger partial charge in [-0.25, -0.2) is 0 Å². The molecule has 5 nitrogen and oxygen atoms in total. The fourth-order valence-corrected chi connectivity index (χ4v) is 2.06. The number of nitrogens with zero attached hydrogens (tertiary/aromatic N) is 1. The summed E-state index contributed by atoms with van der Waals surface area (Å²) in [6.45, 7) is 6.71. The van der Waals surface area contributed by atoms with Crippen LogP contribution in [0, 0.1) is 0 Å². The molecule has 0 fully saturated rings. The fourth-order valence-electron chi connectivity index (χ4n) is 2.06. The number of hydrogen-bond acceptors (Lipinski definition) is 3. The third-order valence-corrected chi connectivity index (χ3v) is 3.49. The van der Waals surface area contributed by atoms with Gasteiger partial charge in [0.25, 0.3) is 0 Å². The van der Waals surface area contributed by atoms with Crippen molar-refractivity contribution in [1.82, 2.24) is 10.2 Å². The van der Waals surface area contributed by atoms with E-state index in [1.54, 1.807) is 6.92 Å². The lowest BCUT2D eigenvalue weighted by Gasteiger charge is -2.26. The summed E-state index contributed by atoms with van der Waals surface area (Å²) >= 11 is 0. The van der Waals surface area contributed by atoms with E-state index in [-0.39, 0.29) is 5.91 Å². The Bertz CT molecular complexity index is 471. The van der Waals surface area contributed by atoms with Gasteiger partial charge in [0.2, 0.25) is 5.91 Å². The molecule has 1 unspecified atom stereocenters. The van der Waals surface area contributed by atoms with Crippen molar-refractivity contribution in [3.63, 3.8) is 0 Å². The minimum Gasteiger partial charge on any atom is -0.480 e. The van der Waals surface area contributed by atoms with Crippen LogP contribution >= 0.6 is 0 Å². The van der Waals surface area contributed by atoms with Crippen molar-refractivity contribution in [2.24, 2.45) is 0 Å². The van der Waals surface area contributed by atoms with Crippen molar-refractivity contribution < 1.29 is 14.7 Å². The molecule has 0 spiro atoms. The Kier molecular flexibility index (Phi) is 6.88. The van der Waals surface area contributed by atoms with Crippen LogP contribution in [-0.4, -0.2) is 41.0 Å². The second-order valence-corrected chi connectivity index (χ2v) is 5.14. The maximum absolute atomic E-state index is 11.2. The number of rotatable bonds is 8. The first-order valence-corrected chi connectivity index (χ1v) is 7.23. The topological polar surface area (TPSA) is 69.6 Å². The van der Waals surface area contributed by atoms with Crippen molar-refractivity contribution in [2.75, 3.05) is 13.1 Å². The smallest absolute Gasteiger partial charge is 0.320 e. The van der Waals surface area contributed by atoms with Gasteiger partial charge in [-0.05, 0) is 24.5 Å². The predicted octanol–water partition coefficient (Wildman–Crippen LogP) is 1.66. The Morgan fingerprint density at radius 2 is 1.81 bits per heavy atom. The molecule has 0 aromatic heterocycles. The summed E-state index contributed by atoms with van der Waals surface area (Å²) in [5.41, 5.74) is 2.33. The maximum Gasteiger partial charge on any atom is 0.320 e. The van der Waals surface area contributed by atoms with E-state index in [1.807, 2.05) is 17.0 Å². The number of aliphatic carboxylic acids is 1. The molecule has 0 aliphatic rings. The minimum absolute atomic E-state index is 0.106. The largest absolute Gasteiger partial charge is 0.480 e.